The molecule has 13 heteroatoms. The smallest absolute Gasteiger partial charge is 0.332 e. The van der Waals surface area contributed by atoms with Gasteiger partial charge in [-0.25, -0.2) is 27.3 Å². The zero-order chi connectivity index (χ0) is 24.1. The van der Waals surface area contributed by atoms with Gasteiger partial charge in [0.2, 0.25) is 10.0 Å². The number of hydrogen-bond acceptors (Lipinski definition) is 7. The summed E-state index contributed by atoms with van der Waals surface area (Å²) in [5, 5.41) is 4.09. The number of aromatic nitrogens is 5. The second-order valence-corrected chi connectivity index (χ2v) is 10.1. The molecule has 1 aliphatic carbocycles. The van der Waals surface area contributed by atoms with Gasteiger partial charge >= 0.3 is 5.69 Å². The molecule has 0 unspecified atom stereocenters. The van der Waals surface area contributed by atoms with E-state index in [0.29, 0.717) is 24.2 Å². The van der Waals surface area contributed by atoms with Crippen molar-refractivity contribution in [2.75, 3.05) is 6.67 Å². The van der Waals surface area contributed by atoms with Crippen molar-refractivity contribution in [3.8, 4) is 0 Å². The van der Waals surface area contributed by atoms with E-state index in [-0.39, 0.29) is 28.9 Å². The molecule has 178 valence electrons. The topological polar surface area (TPSA) is 134 Å². The van der Waals surface area contributed by atoms with Crippen molar-refractivity contribution in [2.45, 2.75) is 36.4 Å². The van der Waals surface area contributed by atoms with Crippen molar-refractivity contribution < 1.29 is 17.2 Å². The van der Waals surface area contributed by atoms with Crippen molar-refractivity contribution >= 4 is 20.9 Å². The Kier molecular flexibility index (Phi) is 5.24. The van der Waals surface area contributed by atoms with Crippen molar-refractivity contribution in [1.29, 1.82) is 0 Å². The van der Waals surface area contributed by atoms with Crippen LogP contribution in [0.5, 0.6) is 0 Å². The lowest BCUT2D eigenvalue weighted by molar-refractivity contribution is 0.393. The second-order valence-electron chi connectivity index (χ2n) is 8.45. The van der Waals surface area contributed by atoms with Crippen LogP contribution in [0.2, 0.25) is 0 Å². The summed E-state index contributed by atoms with van der Waals surface area (Å²) < 4.78 is 50.6. The second kappa shape index (κ2) is 8.02. The maximum Gasteiger partial charge on any atom is 0.332 e. The first-order valence-corrected chi connectivity index (χ1v) is 11.9. The molecule has 0 aliphatic heterocycles. The Labute approximate surface area is 192 Å². The first-order valence-electron chi connectivity index (χ1n) is 10.4. The molecular weight excluding hydrogens is 467 g/mol. The Morgan fingerprint density at radius 1 is 1.18 bits per heavy atom. The molecular formula is C21H21FN6O5S. The fraction of sp³-hybridized carbons (Fsp3) is 0.333. The Bertz CT molecular complexity index is 1600. The highest BCUT2D eigenvalue weighted by Gasteiger charge is 2.46. The van der Waals surface area contributed by atoms with Crippen molar-refractivity contribution in [3.63, 3.8) is 0 Å². The van der Waals surface area contributed by atoms with E-state index in [1.165, 1.54) is 41.6 Å². The van der Waals surface area contributed by atoms with Gasteiger partial charge in [0, 0.05) is 18.8 Å². The number of alkyl halides is 1. The van der Waals surface area contributed by atoms with Gasteiger partial charge in [-0.15, -0.1) is 0 Å². The van der Waals surface area contributed by atoms with E-state index in [9.17, 15) is 22.4 Å². The number of halogens is 1. The minimum atomic E-state index is -4.08. The van der Waals surface area contributed by atoms with E-state index >= 15 is 0 Å². The monoisotopic (exact) mass is 488 g/mol. The summed E-state index contributed by atoms with van der Waals surface area (Å²) in [5.41, 5.74) is -1.47. The van der Waals surface area contributed by atoms with E-state index in [2.05, 4.69) is 14.8 Å². The predicted molar refractivity (Wildman–Crippen MR) is 119 cm³/mol. The Balaban J connectivity index is 1.68. The molecule has 0 atom stereocenters. The number of aryl methyl sites for hydroxylation is 1. The highest BCUT2D eigenvalue weighted by atomic mass is 32.2. The van der Waals surface area contributed by atoms with Crippen LogP contribution in [0.4, 0.5) is 4.39 Å². The van der Waals surface area contributed by atoms with Crippen LogP contribution < -0.4 is 16.0 Å². The van der Waals surface area contributed by atoms with Crippen LogP contribution in [0.15, 0.2) is 62.1 Å². The Morgan fingerprint density at radius 2 is 1.97 bits per heavy atom. The molecule has 0 bridgehead atoms. The van der Waals surface area contributed by atoms with E-state index in [0.717, 1.165) is 4.57 Å². The minimum Gasteiger partial charge on any atom is -0.447 e. The summed E-state index contributed by atoms with van der Waals surface area (Å²) in [6.07, 6.45) is 6.70. The molecule has 0 amide bonds. The van der Waals surface area contributed by atoms with Gasteiger partial charge in [0.1, 0.15) is 12.4 Å². The lowest BCUT2D eigenvalue weighted by atomic mass is 10.2. The highest BCUT2D eigenvalue weighted by Crippen LogP contribution is 2.37. The average molecular weight is 489 g/mol. The summed E-state index contributed by atoms with van der Waals surface area (Å²) in [5.74, 6) is 0.381. The summed E-state index contributed by atoms with van der Waals surface area (Å²) >= 11 is 0. The van der Waals surface area contributed by atoms with E-state index in [1.54, 1.807) is 17.9 Å². The number of benzene rings is 1. The van der Waals surface area contributed by atoms with Gasteiger partial charge in [-0.1, -0.05) is 0 Å². The molecule has 3 heterocycles. The van der Waals surface area contributed by atoms with Crippen LogP contribution >= 0.6 is 0 Å². The lowest BCUT2D eigenvalue weighted by Gasteiger charge is -2.16. The summed E-state index contributed by atoms with van der Waals surface area (Å²) in [6.45, 7) is -0.884. The van der Waals surface area contributed by atoms with Gasteiger partial charge < -0.3 is 4.42 Å². The van der Waals surface area contributed by atoms with Crippen LogP contribution in [0.1, 0.15) is 24.2 Å². The van der Waals surface area contributed by atoms with E-state index in [4.69, 9.17) is 4.42 Å². The molecule has 0 spiro atoms. The third-order valence-electron chi connectivity index (χ3n) is 5.86. The zero-order valence-corrected chi connectivity index (χ0v) is 19.0. The molecule has 0 saturated heterocycles. The predicted octanol–water partition coefficient (Wildman–Crippen LogP) is 0.762. The van der Waals surface area contributed by atoms with Gasteiger partial charge in [0.25, 0.3) is 5.56 Å². The highest BCUT2D eigenvalue weighted by molar-refractivity contribution is 7.89. The molecule has 0 radical (unpaired) electrons. The SMILES string of the molecule is Cn1cc(Cn2c(=O)c3cc(S(=O)(=O)NC4(CF)CC4)ccc3n(Cc3cnco3)c2=O)cn1. The van der Waals surface area contributed by atoms with Gasteiger partial charge in [-0.3, -0.25) is 18.6 Å². The van der Waals surface area contributed by atoms with Gasteiger partial charge in [0.05, 0.1) is 46.8 Å². The first kappa shape index (κ1) is 22.2. The van der Waals surface area contributed by atoms with Gasteiger partial charge in [0.15, 0.2) is 6.39 Å². The lowest BCUT2D eigenvalue weighted by Crippen LogP contribution is -2.41. The molecule has 1 N–H and O–H groups in total. The summed E-state index contributed by atoms with van der Waals surface area (Å²) in [4.78, 5) is 30.3. The normalized spacial score (nSPS) is 15.1. The number of nitrogens with zero attached hydrogens (tertiary/aromatic N) is 5. The quantitative estimate of drug-likeness (QED) is 0.387. The average Bonchev–Trinajstić information content (AvgIpc) is 3.17. The van der Waals surface area contributed by atoms with Crippen molar-refractivity contribution in [3.05, 3.63) is 75.3 Å². The van der Waals surface area contributed by atoms with Crippen molar-refractivity contribution in [2.24, 2.45) is 7.05 Å². The summed E-state index contributed by atoms with van der Waals surface area (Å²) in [6, 6.07) is 3.90. The maximum atomic E-state index is 13.4. The van der Waals surface area contributed by atoms with E-state index in [1.807, 2.05) is 0 Å². The maximum absolute atomic E-state index is 13.4. The largest absolute Gasteiger partial charge is 0.447 e. The van der Waals surface area contributed by atoms with Crippen LogP contribution in [-0.2, 0) is 30.2 Å². The molecule has 1 aliphatic rings. The molecule has 5 rings (SSSR count). The fourth-order valence-corrected chi connectivity index (χ4v) is 5.30. The van der Waals surface area contributed by atoms with Gasteiger partial charge in [-0.2, -0.15) is 5.10 Å². The molecule has 1 aromatic carbocycles. The third kappa shape index (κ3) is 3.96. The number of sulfonamides is 1. The van der Waals surface area contributed by atoms with Gasteiger partial charge in [-0.05, 0) is 31.0 Å². The zero-order valence-electron chi connectivity index (χ0n) is 18.1. The molecule has 4 aromatic rings. The van der Waals surface area contributed by atoms with E-state index < -0.39 is 33.5 Å². The first-order chi connectivity index (χ1) is 16.2. The summed E-state index contributed by atoms with van der Waals surface area (Å²) in [7, 11) is -2.37. The molecule has 34 heavy (non-hydrogen) atoms. The fourth-order valence-electron chi connectivity index (χ4n) is 3.83. The van der Waals surface area contributed by atoms with Crippen LogP contribution in [0.25, 0.3) is 10.9 Å². The molecule has 1 saturated carbocycles. The molecule has 11 nitrogen and oxygen atoms in total. The number of nitrogens with one attached hydrogen (secondary N) is 1. The molecule has 1 fully saturated rings. The van der Waals surface area contributed by atoms with Crippen LogP contribution in [0, 0.1) is 0 Å². The molecule has 3 aromatic heterocycles. The minimum absolute atomic E-state index is 0.0159. The van der Waals surface area contributed by atoms with Crippen molar-refractivity contribution in [1.82, 2.24) is 28.6 Å². The van der Waals surface area contributed by atoms with Crippen LogP contribution in [0.3, 0.4) is 0 Å². The number of oxazole rings is 1. The Morgan fingerprint density at radius 3 is 2.59 bits per heavy atom. The standard InChI is InChI=1S/C21H21FN6O5S/c1-26-9-14(7-24-26)10-28-19(29)17-6-16(34(31,32)25-21(12-22)4-5-21)2-3-18(17)27(20(28)30)11-15-8-23-13-33-15/h2-3,6-9,13,25H,4-5,10-12H2,1H3. The van der Waals surface area contributed by atoms with Crippen LogP contribution in [-0.4, -0.2) is 44.5 Å². The number of hydrogen-bond donors (Lipinski definition) is 1. The third-order valence-corrected chi connectivity index (χ3v) is 7.44. The number of rotatable bonds is 8. The Hall–Kier alpha value is -3.58. The number of fused-ring (bicyclic) bond motifs is 1.